The molecule has 0 saturated carbocycles. The maximum absolute atomic E-state index is 6.65. The molecule has 0 unspecified atom stereocenters. The van der Waals surface area contributed by atoms with Gasteiger partial charge in [-0.2, -0.15) is 0 Å². The molecule has 0 atom stereocenters. The zero-order chi connectivity index (χ0) is 31.8. The molecule has 0 aliphatic carbocycles. The fourth-order valence-corrected chi connectivity index (χ4v) is 9.59. The van der Waals surface area contributed by atoms with Crippen LogP contribution in [0.3, 0.4) is 0 Å². The van der Waals surface area contributed by atoms with Gasteiger partial charge in [-0.1, -0.05) is 84.6 Å². The van der Waals surface area contributed by atoms with Crippen molar-refractivity contribution in [3.63, 3.8) is 0 Å². The van der Waals surface area contributed by atoms with Crippen LogP contribution in [0.5, 0.6) is 23.0 Å². The molecule has 5 nitrogen and oxygen atoms in total. The second-order valence-electron chi connectivity index (χ2n) is 12.9. The third kappa shape index (κ3) is 3.32. The van der Waals surface area contributed by atoms with Crippen molar-refractivity contribution in [3.05, 3.63) is 146 Å². The summed E-state index contributed by atoms with van der Waals surface area (Å²) in [7, 11) is 0. The van der Waals surface area contributed by atoms with E-state index in [1.54, 1.807) is 0 Å². The van der Waals surface area contributed by atoms with Crippen LogP contribution in [0.1, 0.15) is 0 Å². The Morgan fingerprint density at radius 3 is 1.59 bits per heavy atom. The number of anilines is 9. The summed E-state index contributed by atoms with van der Waals surface area (Å²) in [5.74, 6) is 3.40. The Bertz CT molecular complexity index is 2430. The molecule has 0 bridgehead atoms. The van der Waals surface area contributed by atoms with Crippen LogP contribution in [0.25, 0.3) is 0 Å². The first-order chi connectivity index (χ1) is 24.3. The molecule has 7 aromatic carbocycles. The molecule has 0 aromatic heterocycles. The van der Waals surface area contributed by atoms with Gasteiger partial charge >= 0.3 is 0 Å². The molecule has 228 valence electrons. The van der Waals surface area contributed by atoms with Crippen molar-refractivity contribution in [2.45, 2.75) is 9.79 Å². The molecule has 5 heterocycles. The summed E-state index contributed by atoms with van der Waals surface area (Å²) in [4.78, 5) is 9.85. The SMILES string of the molecule is c1ccc2c(c1)Oc1ccccc1N2c1cc2c3c(c1)N1c4ccccc4Sc4cccc(c41)B3c1cccc3c1N2c1ccccc1O3. The molecular weight excluding hydrogens is 621 g/mol. The molecule has 7 aromatic rings. The van der Waals surface area contributed by atoms with E-state index >= 15 is 0 Å². The fraction of sp³-hybridized carbons (Fsp3) is 0. The van der Waals surface area contributed by atoms with E-state index in [1.807, 2.05) is 30.0 Å². The normalized spacial score (nSPS) is 14.6. The van der Waals surface area contributed by atoms with E-state index in [1.165, 1.54) is 43.2 Å². The zero-order valence-electron chi connectivity index (χ0n) is 26.0. The van der Waals surface area contributed by atoms with Crippen LogP contribution in [0.4, 0.5) is 51.2 Å². The lowest BCUT2D eigenvalue weighted by Crippen LogP contribution is -2.62. The summed E-state index contributed by atoms with van der Waals surface area (Å²) in [5.41, 5.74) is 13.9. The monoisotopic (exact) mass is 645 g/mol. The number of nitrogens with zero attached hydrogens (tertiary/aromatic N) is 3. The van der Waals surface area contributed by atoms with Crippen molar-refractivity contribution < 1.29 is 9.47 Å². The number of para-hydroxylation sites is 9. The predicted octanol–water partition coefficient (Wildman–Crippen LogP) is 9.91. The molecule has 0 N–H and O–H groups in total. The van der Waals surface area contributed by atoms with Gasteiger partial charge in [0.1, 0.15) is 0 Å². The highest BCUT2D eigenvalue weighted by atomic mass is 32.2. The Hall–Kier alpha value is -6.05. The van der Waals surface area contributed by atoms with Crippen molar-refractivity contribution in [3.8, 4) is 23.0 Å². The average Bonchev–Trinajstić information content (AvgIpc) is 3.15. The van der Waals surface area contributed by atoms with Crippen LogP contribution < -0.4 is 40.6 Å². The van der Waals surface area contributed by atoms with Crippen LogP contribution in [-0.4, -0.2) is 6.71 Å². The van der Waals surface area contributed by atoms with Gasteiger partial charge in [0.05, 0.1) is 39.8 Å². The number of hydrogen-bond donors (Lipinski definition) is 0. The van der Waals surface area contributed by atoms with Gasteiger partial charge in [0.25, 0.3) is 6.71 Å². The first kappa shape index (κ1) is 26.0. The lowest BCUT2D eigenvalue weighted by molar-refractivity contribution is 0.477. The highest BCUT2D eigenvalue weighted by molar-refractivity contribution is 7.99. The van der Waals surface area contributed by atoms with Gasteiger partial charge < -0.3 is 24.2 Å². The molecule has 0 fully saturated rings. The molecule has 12 rings (SSSR count). The van der Waals surface area contributed by atoms with E-state index in [-0.39, 0.29) is 6.71 Å². The van der Waals surface area contributed by atoms with E-state index in [4.69, 9.17) is 9.47 Å². The zero-order valence-corrected chi connectivity index (χ0v) is 26.8. The summed E-state index contributed by atoms with van der Waals surface area (Å²) in [6, 6.07) is 52.0. The standard InChI is InChI=1S/C42H24BN3O2S/c1-5-17-34-28(13-1)44(29-14-2-6-18-35(29)47-34)25-23-32-40-33(24-25)46-31-16-4-8-21-38(31)49-39-22-10-12-27(42(39)46)43(40)26-11-9-20-37-41(26)45(32)30-15-3-7-19-36(30)48-37/h1-24H. The van der Waals surface area contributed by atoms with Crippen molar-refractivity contribution >= 4 is 86.0 Å². The van der Waals surface area contributed by atoms with Crippen LogP contribution in [-0.2, 0) is 0 Å². The smallest absolute Gasteiger partial charge is 0.252 e. The first-order valence-electron chi connectivity index (χ1n) is 16.6. The molecule has 5 aliphatic rings. The minimum absolute atomic E-state index is 0.0282. The third-order valence-corrected chi connectivity index (χ3v) is 11.5. The predicted molar refractivity (Wildman–Crippen MR) is 199 cm³/mol. The maximum atomic E-state index is 6.65. The van der Waals surface area contributed by atoms with Gasteiger partial charge in [-0.15, -0.1) is 0 Å². The molecule has 0 spiro atoms. The number of hydrogen-bond acceptors (Lipinski definition) is 6. The summed E-state index contributed by atoms with van der Waals surface area (Å²) >= 11 is 1.86. The minimum atomic E-state index is 0.0282. The Kier molecular flexibility index (Phi) is 4.93. The van der Waals surface area contributed by atoms with E-state index < -0.39 is 0 Å². The lowest BCUT2D eigenvalue weighted by atomic mass is 9.33. The van der Waals surface area contributed by atoms with Crippen LogP contribution in [0.15, 0.2) is 155 Å². The third-order valence-electron chi connectivity index (χ3n) is 10.4. The van der Waals surface area contributed by atoms with Gasteiger partial charge in [-0.3, -0.25) is 0 Å². The van der Waals surface area contributed by atoms with Crippen LogP contribution >= 0.6 is 11.8 Å². The van der Waals surface area contributed by atoms with E-state index in [2.05, 4.69) is 142 Å². The van der Waals surface area contributed by atoms with Crippen LogP contribution in [0.2, 0.25) is 0 Å². The summed E-state index contributed by atoms with van der Waals surface area (Å²) in [6.07, 6.45) is 0. The summed E-state index contributed by atoms with van der Waals surface area (Å²) in [5, 5.41) is 0. The molecule has 0 saturated heterocycles. The number of rotatable bonds is 1. The van der Waals surface area contributed by atoms with Crippen molar-refractivity contribution in [2.75, 3.05) is 14.7 Å². The largest absolute Gasteiger partial charge is 0.453 e. The Balaban J connectivity index is 1.23. The molecule has 0 radical (unpaired) electrons. The highest BCUT2D eigenvalue weighted by Gasteiger charge is 2.48. The Labute approximate surface area is 287 Å². The molecule has 7 heteroatoms. The second kappa shape index (κ2) is 9.31. The van der Waals surface area contributed by atoms with Gasteiger partial charge in [0.15, 0.2) is 23.0 Å². The van der Waals surface area contributed by atoms with Gasteiger partial charge in [-0.25, -0.2) is 0 Å². The quantitative estimate of drug-likeness (QED) is 0.165. The van der Waals surface area contributed by atoms with Gasteiger partial charge in [0.2, 0.25) is 0 Å². The number of fused-ring (bicyclic) bond motifs is 10. The topological polar surface area (TPSA) is 28.2 Å². The number of ether oxygens (including phenoxy) is 2. The molecule has 0 amide bonds. The summed E-state index contributed by atoms with van der Waals surface area (Å²) < 4.78 is 13.1. The number of benzene rings is 7. The average molecular weight is 646 g/mol. The van der Waals surface area contributed by atoms with Crippen LogP contribution in [0, 0.1) is 0 Å². The highest BCUT2D eigenvalue weighted by Crippen LogP contribution is 2.58. The van der Waals surface area contributed by atoms with Crippen molar-refractivity contribution in [2.24, 2.45) is 0 Å². The molecule has 5 aliphatic heterocycles. The fourth-order valence-electron chi connectivity index (χ4n) is 8.49. The van der Waals surface area contributed by atoms with Gasteiger partial charge in [-0.05, 0) is 89.2 Å². The van der Waals surface area contributed by atoms with E-state index in [9.17, 15) is 0 Å². The molecular formula is C42H24BN3O2S. The van der Waals surface area contributed by atoms with E-state index in [0.29, 0.717) is 0 Å². The second-order valence-corrected chi connectivity index (χ2v) is 14.0. The Morgan fingerprint density at radius 2 is 0.898 bits per heavy atom. The first-order valence-corrected chi connectivity index (χ1v) is 17.4. The van der Waals surface area contributed by atoms with Crippen molar-refractivity contribution in [1.82, 2.24) is 0 Å². The van der Waals surface area contributed by atoms with Gasteiger partial charge in [0, 0.05) is 21.2 Å². The van der Waals surface area contributed by atoms with Crippen molar-refractivity contribution in [1.29, 1.82) is 0 Å². The molecule has 49 heavy (non-hydrogen) atoms. The lowest BCUT2D eigenvalue weighted by Gasteiger charge is -2.48. The minimum Gasteiger partial charge on any atom is -0.453 e. The summed E-state index contributed by atoms with van der Waals surface area (Å²) in [6.45, 7) is 0.0282. The Morgan fingerprint density at radius 1 is 0.408 bits per heavy atom. The maximum Gasteiger partial charge on any atom is 0.252 e. The van der Waals surface area contributed by atoms with E-state index in [0.717, 1.165) is 57.1 Å².